The van der Waals surface area contributed by atoms with Crippen LogP contribution in [0.1, 0.15) is 80.1 Å². The summed E-state index contributed by atoms with van der Waals surface area (Å²) in [5.41, 5.74) is -2.82. The maximum Gasteiger partial charge on any atom is 2.00 e. The molecule has 2 unspecified atom stereocenters. The molecule has 2 fully saturated rings. The number of carbonyl (C=O) groups is 2. The molecule has 2 saturated heterocycles. The van der Waals surface area contributed by atoms with Crippen LogP contribution in [0.4, 0.5) is 0 Å². The Morgan fingerprint density at radius 3 is 1.12 bits per heavy atom. The summed E-state index contributed by atoms with van der Waals surface area (Å²) in [5, 5.41) is 21.5. The zero-order valence-corrected chi connectivity index (χ0v) is 18.6. The quantitative estimate of drug-likeness (QED) is 0.648. The largest absolute Gasteiger partial charge is 2.00 e. The van der Waals surface area contributed by atoms with Crippen molar-refractivity contribution in [1.82, 2.24) is 0 Å². The number of rotatable bonds is 2. The predicted octanol–water partition coefficient (Wildman–Crippen LogP) is 0.567. The van der Waals surface area contributed by atoms with E-state index in [1.54, 1.807) is 13.8 Å². The third-order valence-electron chi connectivity index (χ3n) is 4.73. The van der Waals surface area contributed by atoms with Gasteiger partial charge >= 0.3 is 37.7 Å². The molecule has 0 aromatic carbocycles. The van der Waals surface area contributed by atoms with Crippen LogP contribution >= 0.6 is 0 Å². The fourth-order valence-corrected chi connectivity index (χ4v) is 3.41. The van der Waals surface area contributed by atoms with Gasteiger partial charge < -0.3 is 29.3 Å². The van der Waals surface area contributed by atoms with Crippen LogP contribution in [-0.2, 0) is 19.1 Å². The van der Waals surface area contributed by atoms with E-state index in [1.165, 1.54) is 0 Å². The third-order valence-corrected chi connectivity index (χ3v) is 4.73. The molecule has 0 aromatic rings. The fourth-order valence-electron chi connectivity index (χ4n) is 3.41. The Labute approximate surface area is 180 Å². The molecule has 140 valence electrons. The molecule has 0 radical (unpaired) electrons. The van der Waals surface area contributed by atoms with Crippen molar-refractivity contribution < 1.29 is 29.3 Å². The second-order valence-electron chi connectivity index (χ2n) is 8.47. The van der Waals surface area contributed by atoms with Crippen molar-refractivity contribution in [3.8, 4) is 0 Å². The minimum atomic E-state index is -1.10. The van der Waals surface area contributed by atoms with Crippen LogP contribution in [0.3, 0.4) is 0 Å². The average Bonchev–Trinajstić information content (AvgIpc) is 2.36. The molecule has 6 nitrogen and oxygen atoms in total. The molecule has 2 aliphatic heterocycles. The number of hydrogen-bond acceptors (Lipinski definition) is 6. The predicted molar refractivity (Wildman–Crippen MR) is 90.6 cm³/mol. The van der Waals surface area contributed by atoms with E-state index in [1.807, 2.05) is 27.7 Å². The smallest absolute Gasteiger partial charge is 0.547 e. The molecule has 7 heteroatoms. The van der Waals surface area contributed by atoms with Gasteiger partial charge in [0.05, 0.1) is 23.1 Å². The van der Waals surface area contributed by atoms with Crippen molar-refractivity contribution in [2.75, 3.05) is 0 Å². The molecule has 0 aromatic heterocycles. The van der Waals surface area contributed by atoms with E-state index in [-0.39, 0.29) is 48.9 Å². The molecule has 2 aliphatic rings. The van der Waals surface area contributed by atoms with Gasteiger partial charge in [-0.25, -0.2) is 0 Å². The molecule has 0 bridgehead atoms. The molecule has 2 heterocycles. The molecule has 25 heavy (non-hydrogen) atoms. The van der Waals surface area contributed by atoms with Crippen molar-refractivity contribution in [3.05, 3.63) is 0 Å². The molecule has 0 amide bonds. The van der Waals surface area contributed by atoms with Crippen molar-refractivity contribution in [2.45, 2.75) is 102 Å². The summed E-state index contributed by atoms with van der Waals surface area (Å²) in [6.45, 7) is 10.8. The van der Waals surface area contributed by atoms with Crippen LogP contribution in [0, 0.1) is 0 Å². The first-order chi connectivity index (χ1) is 10.7. The standard InChI is InChI=1S/2C9H16O3.Ca/c2*1-8(2)5-4-6-9(3,12-8)7(10)11;/h2*4-6H2,1-3H3,(H,10,11);/q;;+2/p-2. The average molecular weight is 383 g/mol. The van der Waals surface area contributed by atoms with E-state index in [9.17, 15) is 19.8 Å². The normalized spacial score (nSPS) is 33.2. The zero-order chi connectivity index (χ0) is 18.8. The Balaban J connectivity index is 0.000000443. The van der Waals surface area contributed by atoms with Crippen molar-refractivity contribution in [2.24, 2.45) is 0 Å². The molecule has 0 spiro atoms. The first-order valence-corrected chi connectivity index (χ1v) is 8.55. The van der Waals surface area contributed by atoms with Gasteiger partial charge in [0.15, 0.2) is 0 Å². The van der Waals surface area contributed by atoms with Gasteiger partial charge in [0.2, 0.25) is 0 Å². The number of carboxylic acid groups (broad SMARTS) is 2. The van der Waals surface area contributed by atoms with Gasteiger partial charge in [-0.15, -0.1) is 0 Å². The Kier molecular flexibility index (Phi) is 8.91. The summed E-state index contributed by atoms with van der Waals surface area (Å²) < 4.78 is 10.9. The van der Waals surface area contributed by atoms with E-state index in [4.69, 9.17) is 9.47 Å². The Bertz CT molecular complexity index is 446. The van der Waals surface area contributed by atoms with Gasteiger partial charge in [-0.05, 0) is 80.1 Å². The van der Waals surface area contributed by atoms with E-state index in [0.29, 0.717) is 12.8 Å². The summed E-state index contributed by atoms with van der Waals surface area (Å²) >= 11 is 0. The van der Waals surface area contributed by atoms with Crippen LogP contribution < -0.4 is 10.2 Å². The van der Waals surface area contributed by atoms with Crippen LogP contribution in [0.15, 0.2) is 0 Å². The summed E-state index contributed by atoms with van der Waals surface area (Å²) in [7, 11) is 0. The van der Waals surface area contributed by atoms with Gasteiger partial charge in [-0.2, -0.15) is 0 Å². The zero-order valence-electron chi connectivity index (χ0n) is 16.4. The van der Waals surface area contributed by atoms with Crippen molar-refractivity contribution in [3.63, 3.8) is 0 Å². The fraction of sp³-hybridized carbons (Fsp3) is 0.889. The molecule has 0 N–H and O–H groups in total. The van der Waals surface area contributed by atoms with E-state index >= 15 is 0 Å². The Morgan fingerprint density at radius 2 is 0.960 bits per heavy atom. The second kappa shape index (κ2) is 8.87. The van der Waals surface area contributed by atoms with Crippen molar-refractivity contribution >= 4 is 49.7 Å². The summed E-state index contributed by atoms with van der Waals surface area (Å²) in [6, 6.07) is 0. The minimum absolute atomic E-state index is 0. The molecule has 2 rings (SSSR count). The van der Waals surface area contributed by atoms with Gasteiger partial charge in [0.1, 0.15) is 11.2 Å². The van der Waals surface area contributed by atoms with Gasteiger partial charge in [-0.3, -0.25) is 0 Å². The van der Waals surface area contributed by atoms with Crippen LogP contribution in [0.2, 0.25) is 0 Å². The first-order valence-electron chi connectivity index (χ1n) is 8.55. The molecule has 0 saturated carbocycles. The second-order valence-corrected chi connectivity index (χ2v) is 8.47. The van der Waals surface area contributed by atoms with Crippen molar-refractivity contribution in [1.29, 1.82) is 0 Å². The molecule has 0 aliphatic carbocycles. The number of aliphatic carboxylic acids is 2. The molecule has 2 atom stereocenters. The summed E-state index contributed by atoms with van der Waals surface area (Å²) in [4.78, 5) is 21.5. The maximum absolute atomic E-state index is 10.7. The molecular formula is C18H30CaO6. The van der Waals surface area contributed by atoms with Crippen LogP contribution in [0.5, 0.6) is 0 Å². The Hall–Kier alpha value is 0.120. The minimum Gasteiger partial charge on any atom is -0.547 e. The van der Waals surface area contributed by atoms with Gasteiger partial charge in [0, 0.05) is 0 Å². The summed E-state index contributed by atoms with van der Waals surface area (Å²) in [6.07, 6.45) is 4.71. The third kappa shape index (κ3) is 7.33. The van der Waals surface area contributed by atoms with Gasteiger partial charge in [0.25, 0.3) is 0 Å². The number of hydrogen-bond donors (Lipinski definition) is 0. The van der Waals surface area contributed by atoms with Crippen LogP contribution in [0.25, 0.3) is 0 Å². The molecular weight excluding hydrogens is 352 g/mol. The van der Waals surface area contributed by atoms with E-state index in [0.717, 1.165) is 25.7 Å². The Morgan fingerprint density at radius 1 is 0.680 bits per heavy atom. The monoisotopic (exact) mass is 382 g/mol. The first kappa shape index (κ1) is 25.1. The number of carboxylic acids is 2. The number of carbonyl (C=O) groups excluding carboxylic acids is 2. The van der Waals surface area contributed by atoms with E-state index in [2.05, 4.69) is 0 Å². The van der Waals surface area contributed by atoms with Gasteiger partial charge in [-0.1, -0.05) is 0 Å². The number of ether oxygens (including phenoxy) is 2. The topological polar surface area (TPSA) is 98.7 Å². The van der Waals surface area contributed by atoms with Crippen LogP contribution in [-0.4, -0.2) is 72.1 Å². The summed E-state index contributed by atoms with van der Waals surface area (Å²) in [5.74, 6) is -2.20. The maximum atomic E-state index is 10.7. The van der Waals surface area contributed by atoms with E-state index < -0.39 is 23.1 Å². The SMILES string of the molecule is CC1(C)CCCC(C)(C(=O)[O-])O1.CC1(C)CCCC(C)(C(=O)[O-])O1.[Ca+2].